The predicted octanol–water partition coefficient (Wildman–Crippen LogP) is 1.88. The standard InChI is InChI=1S/C17H14N2O5/c1-8-5-12(21)15-16(23-8)14(10(7-18)17(19)24-15)9-3-4-11(20)13(6-9)22-2/h3-6,14,20H,19H2,1-2H3. The highest BCUT2D eigenvalue weighted by Crippen LogP contribution is 2.42. The highest BCUT2D eigenvalue weighted by Gasteiger charge is 2.35. The number of nitrogens with zero attached hydrogens (tertiary/aromatic N) is 1. The first-order chi connectivity index (χ1) is 11.5. The summed E-state index contributed by atoms with van der Waals surface area (Å²) in [6.45, 7) is 1.63. The molecule has 0 amide bonds. The Hall–Kier alpha value is -3.40. The molecule has 0 bridgehead atoms. The van der Waals surface area contributed by atoms with Crippen LogP contribution in [0.4, 0.5) is 0 Å². The number of allylic oxidation sites excluding steroid dienone is 1. The van der Waals surface area contributed by atoms with E-state index >= 15 is 0 Å². The zero-order valence-corrected chi connectivity index (χ0v) is 13.0. The number of nitriles is 1. The van der Waals surface area contributed by atoms with E-state index in [2.05, 4.69) is 0 Å². The molecule has 7 heteroatoms. The number of ether oxygens (including phenoxy) is 2. The lowest BCUT2D eigenvalue weighted by Gasteiger charge is -2.25. The maximum atomic E-state index is 12.2. The quantitative estimate of drug-likeness (QED) is 0.864. The van der Waals surface area contributed by atoms with Gasteiger partial charge in [-0.3, -0.25) is 4.79 Å². The lowest BCUT2D eigenvalue weighted by atomic mass is 9.87. The molecule has 1 aliphatic rings. The molecule has 122 valence electrons. The Morgan fingerprint density at radius 3 is 2.79 bits per heavy atom. The number of fused-ring (bicyclic) bond motifs is 1. The Morgan fingerprint density at radius 2 is 2.12 bits per heavy atom. The molecule has 7 nitrogen and oxygen atoms in total. The van der Waals surface area contributed by atoms with Gasteiger partial charge in [-0.1, -0.05) is 6.07 Å². The number of benzene rings is 1. The predicted molar refractivity (Wildman–Crippen MR) is 83.7 cm³/mol. The van der Waals surface area contributed by atoms with Crippen molar-refractivity contribution >= 4 is 0 Å². The number of methoxy groups -OCH3 is 1. The van der Waals surface area contributed by atoms with Gasteiger partial charge < -0.3 is 24.7 Å². The molecule has 0 saturated carbocycles. The third-order valence-corrected chi connectivity index (χ3v) is 3.74. The second kappa shape index (κ2) is 5.66. The van der Waals surface area contributed by atoms with Gasteiger partial charge in [0.2, 0.25) is 17.1 Å². The van der Waals surface area contributed by atoms with Crippen molar-refractivity contribution in [2.45, 2.75) is 12.8 Å². The average molecular weight is 326 g/mol. The first kappa shape index (κ1) is 15.5. The summed E-state index contributed by atoms with van der Waals surface area (Å²) in [5.41, 5.74) is 6.11. The van der Waals surface area contributed by atoms with Crippen molar-refractivity contribution in [1.82, 2.24) is 0 Å². The van der Waals surface area contributed by atoms with Crippen molar-refractivity contribution in [1.29, 1.82) is 5.26 Å². The highest BCUT2D eigenvalue weighted by molar-refractivity contribution is 5.54. The molecular formula is C17H14N2O5. The van der Waals surface area contributed by atoms with E-state index in [9.17, 15) is 15.2 Å². The van der Waals surface area contributed by atoms with Crippen LogP contribution in [-0.2, 0) is 0 Å². The smallest absolute Gasteiger partial charge is 0.228 e. The Labute approximate surface area is 137 Å². The van der Waals surface area contributed by atoms with Crippen molar-refractivity contribution in [3.05, 3.63) is 63.0 Å². The molecule has 0 fully saturated rings. The second-order valence-corrected chi connectivity index (χ2v) is 5.27. The summed E-state index contributed by atoms with van der Waals surface area (Å²) in [7, 11) is 1.41. The van der Waals surface area contributed by atoms with Crippen molar-refractivity contribution in [3.8, 4) is 23.3 Å². The number of phenolic OH excluding ortho intramolecular Hbond substituents is 1. The third kappa shape index (κ3) is 2.34. The van der Waals surface area contributed by atoms with Crippen LogP contribution in [0.5, 0.6) is 17.2 Å². The highest BCUT2D eigenvalue weighted by atomic mass is 16.5. The third-order valence-electron chi connectivity index (χ3n) is 3.74. The number of hydrogen-bond donors (Lipinski definition) is 2. The average Bonchev–Trinajstić information content (AvgIpc) is 2.55. The van der Waals surface area contributed by atoms with Gasteiger partial charge >= 0.3 is 0 Å². The minimum Gasteiger partial charge on any atom is -0.504 e. The number of aryl methyl sites for hydroxylation is 1. The normalized spacial score (nSPS) is 16.1. The molecule has 0 saturated heterocycles. The maximum Gasteiger partial charge on any atom is 0.228 e. The first-order valence-electron chi connectivity index (χ1n) is 7.05. The largest absolute Gasteiger partial charge is 0.504 e. The van der Waals surface area contributed by atoms with Gasteiger partial charge in [0.1, 0.15) is 17.4 Å². The van der Waals surface area contributed by atoms with E-state index in [1.165, 1.54) is 19.2 Å². The lowest BCUT2D eigenvalue weighted by molar-refractivity contribution is 0.336. The number of phenols is 1. The van der Waals surface area contributed by atoms with Crippen LogP contribution in [0.3, 0.4) is 0 Å². The summed E-state index contributed by atoms with van der Waals surface area (Å²) in [5.74, 6) is -0.177. The monoisotopic (exact) mass is 326 g/mol. The van der Waals surface area contributed by atoms with Crippen LogP contribution in [0.2, 0.25) is 0 Å². The molecule has 1 aliphatic heterocycles. The number of hydrogen-bond acceptors (Lipinski definition) is 7. The zero-order chi connectivity index (χ0) is 17.4. The molecule has 1 aromatic carbocycles. The molecule has 2 aromatic rings. The zero-order valence-electron chi connectivity index (χ0n) is 13.0. The van der Waals surface area contributed by atoms with Crippen molar-refractivity contribution in [3.63, 3.8) is 0 Å². The minimum absolute atomic E-state index is 0.0466. The van der Waals surface area contributed by atoms with Crippen molar-refractivity contribution in [2.75, 3.05) is 7.11 Å². The summed E-state index contributed by atoms with van der Waals surface area (Å²) >= 11 is 0. The van der Waals surface area contributed by atoms with Gasteiger partial charge in [0.15, 0.2) is 17.3 Å². The van der Waals surface area contributed by atoms with E-state index in [1.807, 2.05) is 6.07 Å². The lowest BCUT2D eigenvalue weighted by Crippen LogP contribution is -2.25. The molecule has 1 aromatic heterocycles. The first-order valence-corrected chi connectivity index (χ1v) is 7.05. The molecule has 2 heterocycles. The van der Waals surface area contributed by atoms with Gasteiger partial charge in [0.25, 0.3) is 0 Å². The van der Waals surface area contributed by atoms with Crippen LogP contribution in [0.1, 0.15) is 23.0 Å². The Bertz CT molecular complexity index is 952. The molecular weight excluding hydrogens is 312 g/mol. The Morgan fingerprint density at radius 1 is 1.38 bits per heavy atom. The van der Waals surface area contributed by atoms with E-state index in [0.29, 0.717) is 11.3 Å². The topological polar surface area (TPSA) is 119 Å². The number of rotatable bonds is 2. The van der Waals surface area contributed by atoms with Crippen LogP contribution < -0.4 is 20.6 Å². The Kier molecular flexibility index (Phi) is 3.66. The molecule has 1 unspecified atom stereocenters. The molecule has 1 atom stereocenters. The van der Waals surface area contributed by atoms with Crippen LogP contribution in [-0.4, -0.2) is 12.2 Å². The van der Waals surface area contributed by atoms with Gasteiger partial charge in [0, 0.05) is 6.07 Å². The van der Waals surface area contributed by atoms with E-state index in [1.54, 1.807) is 19.1 Å². The van der Waals surface area contributed by atoms with Crippen LogP contribution in [0, 0.1) is 18.3 Å². The van der Waals surface area contributed by atoms with Gasteiger partial charge in [-0.2, -0.15) is 5.26 Å². The van der Waals surface area contributed by atoms with Crippen molar-refractivity contribution < 1.29 is 19.0 Å². The van der Waals surface area contributed by atoms with Crippen LogP contribution >= 0.6 is 0 Å². The fourth-order valence-electron chi connectivity index (χ4n) is 2.66. The SMILES string of the molecule is COc1cc(C2C(C#N)=C(N)Oc3c2oc(C)cc3=O)ccc1O. The molecule has 24 heavy (non-hydrogen) atoms. The Balaban J connectivity index is 2.30. The summed E-state index contributed by atoms with van der Waals surface area (Å²) < 4.78 is 16.1. The molecule has 0 radical (unpaired) electrons. The van der Waals surface area contributed by atoms with Crippen molar-refractivity contribution in [2.24, 2.45) is 5.73 Å². The second-order valence-electron chi connectivity index (χ2n) is 5.27. The summed E-state index contributed by atoms with van der Waals surface area (Å²) in [6, 6.07) is 7.88. The van der Waals surface area contributed by atoms with Gasteiger partial charge in [-0.05, 0) is 24.6 Å². The minimum atomic E-state index is -0.735. The van der Waals surface area contributed by atoms with Crippen LogP contribution in [0.15, 0.2) is 44.9 Å². The number of aromatic hydroxyl groups is 1. The van der Waals surface area contributed by atoms with E-state index in [-0.39, 0.29) is 39.9 Å². The maximum absolute atomic E-state index is 12.2. The van der Waals surface area contributed by atoms with Gasteiger partial charge in [-0.25, -0.2) is 0 Å². The van der Waals surface area contributed by atoms with E-state index in [0.717, 1.165) is 0 Å². The number of nitrogens with two attached hydrogens (primary N) is 1. The summed E-state index contributed by atoms with van der Waals surface area (Å²) in [4.78, 5) is 12.2. The van der Waals surface area contributed by atoms with E-state index < -0.39 is 5.92 Å². The fraction of sp³-hybridized carbons (Fsp3) is 0.176. The fourth-order valence-corrected chi connectivity index (χ4v) is 2.66. The summed E-state index contributed by atoms with van der Waals surface area (Å²) in [5, 5.41) is 19.2. The molecule has 0 aliphatic carbocycles. The summed E-state index contributed by atoms with van der Waals surface area (Å²) in [6.07, 6.45) is 0. The van der Waals surface area contributed by atoms with Crippen LogP contribution in [0.25, 0.3) is 0 Å². The molecule has 3 rings (SSSR count). The molecule has 3 N–H and O–H groups in total. The van der Waals surface area contributed by atoms with E-state index in [4.69, 9.17) is 19.6 Å². The van der Waals surface area contributed by atoms with Gasteiger partial charge in [0.05, 0.1) is 13.0 Å². The molecule has 0 spiro atoms. The van der Waals surface area contributed by atoms with Gasteiger partial charge in [-0.15, -0.1) is 0 Å².